The van der Waals surface area contributed by atoms with E-state index in [1.807, 2.05) is 11.0 Å². The van der Waals surface area contributed by atoms with Gasteiger partial charge in [0.2, 0.25) is 11.8 Å². The van der Waals surface area contributed by atoms with Gasteiger partial charge in [0.05, 0.1) is 6.54 Å². The minimum Gasteiger partial charge on any atom is -0.342 e. The number of hydrogen-bond acceptors (Lipinski definition) is 3. The lowest BCUT2D eigenvalue weighted by molar-refractivity contribution is -0.146. The smallest absolute Gasteiger partial charge is 0.236 e. The molecule has 3 aliphatic heterocycles. The molecule has 1 aromatic rings. The van der Waals surface area contributed by atoms with E-state index in [4.69, 9.17) is 0 Å². The van der Waals surface area contributed by atoms with E-state index < -0.39 is 0 Å². The third-order valence-electron chi connectivity index (χ3n) is 7.92. The molecule has 5 nitrogen and oxygen atoms in total. The molecule has 3 fully saturated rings. The number of benzene rings is 1. The largest absolute Gasteiger partial charge is 0.342 e. The Kier molecular flexibility index (Phi) is 7.31. The van der Waals surface area contributed by atoms with Crippen LogP contribution in [0.2, 0.25) is 0 Å². The summed E-state index contributed by atoms with van der Waals surface area (Å²) in [5.74, 6) is 1.05. The zero-order valence-electron chi connectivity index (χ0n) is 19.2. The summed E-state index contributed by atoms with van der Waals surface area (Å²) >= 11 is 0. The molecule has 31 heavy (non-hydrogen) atoms. The number of rotatable bonds is 5. The number of likely N-dealkylation sites (tertiary alicyclic amines) is 3. The highest BCUT2D eigenvalue weighted by molar-refractivity contribution is 5.83. The number of amides is 2. The quantitative estimate of drug-likeness (QED) is 0.718. The second-order valence-corrected chi connectivity index (χ2v) is 10.1. The van der Waals surface area contributed by atoms with Gasteiger partial charge in [0, 0.05) is 31.6 Å². The van der Waals surface area contributed by atoms with Crippen LogP contribution in [0.4, 0.5) is 0 Å². The lowest BCUT2D eigenvalue weighted by Gasteiger charge is -2.43. The molecule has 5 heteroatoms. The summed E-state index contributed by atoms with van der Waals surface area (Å²) in [5, 5.41) is 0. The average Bonchev–Trinajstić information content (AvgIpc) is 2.95. The number of carbonyl (C=O) groups is 2. The van der Waals surface area contributed by atoms with Crippen LogP contribution in [-0.2, 0) is 16.1 Å². The summed E-state index contributed by atoms with van der Waals surface area (Å²) in [6, 6.07) is 10.4. The van der Waals surface area contributed by atoms with Gasteiger partial charge in [0.15, 0.2) is 0 Å². The maximum Gasteiger partial charge on any atom is 0.236 e. The molecule has 170 valence electrons. The van der Waals surface area contributed by atoms with Gasteiger partial charge >= 0.3 is 0 Å². The Labute approximate surface area is 187 Å². The maximum absolute atomic E-state index is 13.7. The molecule has 1 atom stereocenters. The molecule has 3 heterocycles. The van der Waals surface area contributed by atoms with Crippen LogP contribution in [0.1, 0.15) is 63.9 Å². The van der Waals surface area contributed by atoms with Gasteiger partial charge in [-0.3, -0.25) is 14.5 Å². The van der Waals surface area contributed by atoms with Crippen LogP contribution >= 0.6 is 0 Å². The Balaban J connectivity index is 1.34. The topological polar surface area (TPSA) is 43.9 Å². The first-order valence-electron chi connectivity index (χ1n) is 12.4. The molecule has 0 spiro atoms. The molecule has 1 aromatic carbocycles. The van der Waals surface area contributed by atoms with E-state index in [9.17, 15) is 9.59 Å². The zero-order chi connectivity index (χ0) is 21.7. The van der Waals surface area contributed by atoms with Crippen molar-refractivity contribution in [3.8, 4) is 0 Å². The summed E-state index contributed by atoms with van der Waals surface area (Å²) < 4.78 is 0. The molecule has 0 N–H and O–H groups in total. The Morgan fingerprint density at radius 3 is 2.32 bits per heavy atom. The van der Waals surface area contributed by atoms with E-state index >= 15 is 0 Å². The minimum absolute atomic E-state index is 0.270. The normalized spacial score (nSPS) is 26.7. The molecule has 2 amide bonds. The summed E-state index contributed by atoms with van der Waals surface area (Å²) in [6.07, 6.45) is 8.81. The SMILES string of the molecule is C[C@]1(C2CCN(CC(=O)N3CCCCC3)CC2)CCCCN(Cc2ccccc2)C1=O. The van der Waals surface area contributed by atoms with Crippen LogP contribution in [0.3, 0.4) is 0 Å². The molecule has 0 bridgehead atoms. The molecule has 0 aliphatic carbocycles. The number of nitrogens with zero attached hydrogens (tertiary/aromatic N) is 3. The molecular formula is C26H39N3O2. The van der Waals surface area contributed by atoms with E-state index in [0.29, 0.717) is 24.3 Å². The summed E-state index contributed by atoms with van der Waals surface area (Å²) in [5.41, 5.74) is 0.944. The first-order chi connectivity index (χ1) is 15.1. The minimum atomic E-state index is -0.270. The van der Waals surface area contributed by atoms with Crippen molar-refractivity contribution in [2.75, 3.05) is 39.3 Å². The lowest BCUT2D eigenvalue weighted by Crippen LogP contribution is -2.50. The van der Waals surface area contributed by atoms with Crippen molar-refractivity contribution >= 4 is 11.8 Å². The van der Waals surface area contributed by atoms with Crippen LogP contribution in [0.25, 0.3) is 0 Å². The maximum atomic E-state index is 13.7. The van der Waals surface area contributed by atoms with E-state index in [1.165, 1.54) is 12.0 Å². The Morgan fingerprint density at radius 2 is 1.61 bits per heavy atom. The molecule has 0 radical (unpaired) electrons. The molecule has 0 unspecified atom stereocenters. The van der Waals surface area contributed by atoms with Crippen LogP contribution in [0.15, 0.2) is 30.3 Å². The monoisotopic (exact) mass is 425 g/mol. The molecule has 4 rings (SSSR count). The van der Waals surface area contributed by atoms with Gasteiger partial charge in [-0.2, -0.15) is 0 Å². The van der Waals surface area contributed by atoms with Crippen LogP contribution in [-0.4, -0.2) is 65.8 Å². The van der Waals surface area contributed by atoms with Crippen LogP contribution in [0.5, 0.6) is 0 Å². The highest BCUT2D eigenvalue weighted by atomic mass is 16.2. The fourth-order valence-corrected chi connectivity index (χ4v) is 5.86. The van der Waals surface area contributed by atoms with E-state index in [1.54, 1.807) is 0 Å². The van der Waals surface area contributed by atoms with Gasteiger partial charge in [-0.05, 0) is 69.5 Å². The Bertz CT molecular complexity index is 738. The van der Waals surface area contributed by atoms with Crippen molar-refractivity contribution in [2.24, 2.45) is 11.3 Å². The zero-order valence-corrected chi connectivity index (χ0v) is 19.2. The van der Waals surface area contributed by atoms with Crippen molar-refractivity contribution in [1.29, 1.82) is 0 Å². The van der Waals surface area contributed by atoms with Gasteiger partial charge in [-0.15, -0.1) is 0 Å². The predicted octanol–water partition coefficient (Wildman–Crippen LogP) is 3.93. The molecule has 3 saturated heterocycles. The first kappa shape index (κ1) is 22.3. The fraction of sp³-hybridized carbons (Fsp3) is 0.692. The van der Waals surface area contributed by atoms with E-state index in [2.05, 4.69) is 41.0 Å². The average molecular weight is 426 g/mol. The highest BCUT2D eigenvalue weighted by Crippen LogP contribution is 2.43. The molecule has 3 aliphatic rings. The molecule has 0 aromatic heterocycles. The van der Waals surface area contributed by atoms with Crippen molar-refractivity contribution in [1.82, 2.24) is 14.7 Å². The van der Waals surface area contributed by atoms with Gasteiger partial charge < -0.3 is 9.80 Å². The highest BCUT2D eigenvalue weighted by Gasteiger charge is 2.45. The fourth-order valence-electron chi connectivity index (χ4n) is 5.86. The summed E-state index contributed by atoms with van der Waals surface area (Å²) in [7, 11) is 0. The van der Waals surface area contributed by atoms with Crippen molar-refractivity contribution in [3.63, 3.8) is 0 Å². The van der Waals surface area contributed by atoms with Gasteiger partial charge in [-0.1, -0.05) is 43.7 Å². The first-order valence-corrected chi connectivity index (χ1v) is 12.4. The summed E-state index contributed by atoms with van der Waals surface area (Å²) in [4.78, 5) is 32.8. The second kappa shape index (κ2) is 10.2. The lowest BCUT2D eigenvalue weighted by atomic mass is 9.69. The Morgan fingerprint density at radius 1 is 0.935 bits per heavy atom. The molecule has 0 saturated carbocycles. The third kappa shape index (κ3) is 5.31. The van der Waals surface area contributed by atoms with Crippen molar-refractivity contribution < 1.29 is 9.59 Å². The third-order valence-corrected chi connectivity index (χ3v) is 7.92. The molecular weight excluding hydrogens is 386 g/mol. The van der Waals surface area contributed by atoms with Crippen LogP contribution in [0, 0.1) is 11.3 Å². The number of hydrogen-bond donors (Lipinski definition) is 0. The Hall–Kier alpha value is -1.88. The summed E-state index contributed by atoms with van der Waals surface area (Å²) in [6.45, 7) is 8.09. The van der Waals surface area contributed by atoms with E-state index in [-0.39, 0.29) is 5.41 Å². The van der Waals surface area contributed by atoms with Crippen molar-refractivity contribution in [3.05, 3.63) is 35.9 Å². The number of carbonyl (C=O) groups excluding carboxylic acids is 2. The van der Waals surface area contributed by atoms with Crippen LogP contribution < -0.4 is 0 Å². The standard InChI is InChI=1S/C26H39N3O2/c1-26(14-6-9-17-29(25(26)31)20-22-10-4-2-5-11-22)23-12-18-27(19-13-23)21-24(30)28-15-7-3-8-16-28/h2,4-5,10-11,23H,3,6-9,12-21H2,1H3/t26-/m1/s1. The number of piperidine rings is 2. The van der Waals surface area contributed by atoms with Gasteiger partial charge in [0.25, 0.3) is 0 Å². The van der Waals surface area contributed by atoms with E-state index in [0.717, 1.165) is 84.2 Å². The van der Waals surface area contributed by atoms with Gasteiger partial charge in [0.1, 0.15) is 0 Å². The van der Waals surface area contributed by atoms with Gasteiger partial charge in [-0.25, -0.2) is 0 Å². The predicted molar refractivity (Wildman–Crippen MR) is 123 cm³/mol. The second-order valence-electron chi connectivity index (χ2n) is 10.1. The van der Waals surface area contributed by atoms with Crippen molar-refractivity contribution in [2.45, 2.75) is 64.8 Å².